The Morgan fingerprint density at radius 3 is 2.47 bits per heavy atom. The number of Topliss-reactive ketones (excluding diaryl/α,β-unsaturated/α-hetero) is 1. The number of esters is 3. The molecule has 2 aliphatic carbocycles. The number of furan rings is 1. The number of rotatable bonds is 3. The molecule has 0 aromatic carbocycles. The highest BCUT2D eigenvalue weighted by molar-refractivity contribution is 5.93. The monoisotopic (exact) mass is 486 g/mol. The van der Waals surface area contributed by atoms with Crippen molar-refractivity contribution >= 4 is 23.7 Å². The van der Waals surface area contributed by atoms with Crippen LogP contribution in [0.3, 0.4) is 0 Å². The van der Waals surface area contributed by atoms with Crippen LogP contribution in [0.25, 0.3) is 0 Å². The van der Waals surface area contributed by atoms with E-state index in [-0.39, 0.29) is 12.8 Å². The van der Waals surface area contributed by atoms with Gasteiger partial charge in [0.2, 0.25) is 0 Å². The Balaban J connectivity index is 1.78. The first kappa shape index (κ1) is 24.3. The molecule has 8 nitrogen and oxygen atoms in total. The molecule has 3 fully saturated rings. The number of ketones is 1. The molecule has 4 rings (SSSR count). The number of hydrogen-bond donors (Lipinski definition) is 0. The summed E-state index contributed by atoms with van der Waals surface area (Å²) in [5.74, 6) is -7.24. The highest BCUT2D eigenvalue weighted by atomic mass is 19.4. The molecular formula is C23H25F3O8. The Morgan fingerprint density at radius 1 is 1.18 bits per heavy atom. The van der Waals surface area contributed by atoms with Gasteiger partial charge in [-0.3, -0.25) is 14.4 Å². The van der Waals surface area contributed by atoms with Gasteiger partial charge in [-0.2, -0.15) is 13.2 Å². The molecule has 0 radical (unpaired) electrons. The number of hydrogen-bond acceptors (Lipinski definition) is 8. The summed E-state index contributed by atoms with van der Waals surface area (Å²) < 4.78 is 59.0. The highest BCUT2D eigenvalue weighted by Gasteiger charge is 2.68. The van der Waals surface area contributed by atoms with E-state index in [9.17, 15) is 32.3 Å². The van der Waals surface area contributed by atoms with Crippen molar-refractivity contribution in [1.29, 1.82) is 0 Å². The average Bonchev–Trinajstić information content (AvgIpc) is 3.28. The number of cyclic esters (lactones) is 1. The van der Waals surface area contributed by atoms with Gasteiger partial charge in [0.05, 0.1) is 31.5 Å². The number of fused-ring (bicyclic) bond motifs is 3. The minimum absolute atomic E-state index is 0.183. The second-order valence-electron chi connectivity index (χ2n) is 9.83. The Hall–Kier alpha value is -2.85. The van der Waals surface area contributed by atoms with Crippen LogP contribution in [0.5, 0.6) is 0 Å². The topological polar surface area (TPSA) is 109 Å². The maximum atomic E-state index is 13.7. The first-order valence-electron chi connectivity index (χ1n) is 10.9. The predicted molar refractivity (Wildman–Crippen MR) is 106 cm³/mol. The molecule has 11 heteroatoms. The largest absolute Gasteiger partial charge is 0.490 e. The Morgan fingerprint density at radius 2 is 1.88 bits per heavy atom. The normalized spacial score (nSPS) is 37.8. The van der Waals surface area contributed by atoms with E-state index in [1.54, 1.807) is 19.9 Å². The fourth-order valence-electron chi connectivity index (χ4n) is 6.46. The summed E-state index contributed by atoms with van der Waals surface area (Å²) in [7, 11) is 1.15. The number of carbonyl (C=O) groups excluding carboxylic acids is 4. The van der Waals surface area contributed by atoms with Crippen LogP contribution in [-0.4, -0.2) is 43.1 Å². The quantitative estimate of drug-likeness (QED) is 0.472. The Bertz CT molecular complexity index is 1000. The van der Waals surface area contributed by atoms with Crippen molar-refractivity contribution in [3.05, 3.63) is 24.2 Å². The zero-order chi connectivity index (χ0) is 25.1. The molecule has 3 aliphatic rings. The van der Waals surface area contributed by atoms with Crippen molar-refractivity contribution in [2.24, 2.45) is 28.6 Å². The van der Waals surface area contributed by atoms with Crippen LogP contribution in [0.1, 0.15) is 51.2 Å². The zero-order valence-corrected chi connectivity index (χ0v) is 18.8. The zero-order valence-electron chi connectivity index (χ0n) is 18.8. The minimum atomic E-state index is -5.30. The lowest BCUT2D eigenvalue weighted by atomic mass is 9.43. The number of ether oxygens (including phenoxy) is 3. The lowest BCUT2D eigenvalue weighted by Gasteiger charge is -2.60. The van der Waals surface area contributed by atoms with Gasteiger partial charge in [-0.15, -0.1) is 0 Å². The van der Waals surface area contributed by atoms with Gasteiger partial charge >= 0.3 is 24.1 Å². The van der Waals surface area contributed by atoms with Gasteiger partial charge < -0.3 is 18.6 Å². The van der Waals surface area contributed by atoms with Crippen LogP contribution >= 0.6 is 0 Å². The highest BCUT2D eigenvalue weighted by Crippen LogP contribution is 2.65. The molecule has 1 aromatic rings. The van der Waals surface area contributed by atoms with E-state index in [2.05, 4.69) is 4.74 Å². The standard InChI is InChI=1S/C23H25F3O8/c1-21-6-4-12-19(29)33-15(11-5-7-32-10-11)9-22(12,2)17(21)16(27)14(8-13(21)18(28)31-3)34-20(30)23(24,25)26/h5,7,10,12-15,17H,4,6,8-9H2,1-3H3/t12-,13+,14+,15+,17?,21+,22+/m1/s1. The van der Waals surface area contributed by atoms with E-state index in [0.717, 1.165) is 7.11 Å². The van der Waals surface area contributed by atoms with Crippen LogP contribution in [0.4, 0.5) is 13.2 Å². The third kappa shape index (κ3) is 3.69. The molecule has 1 saturated heterocycles. The van der Waals surface area contributed by atoms with Gasteiger partial charge in [-0.25, -0.2) is 4.79 Å². The summed E-state index contributed by atoms with van der Waals surface area (Å²) in [4.78, 5) is 51.0. The van der Waals surface area contributed by atoms with Gasteiger partial charge in [-0.05, 0) is 36.2 Å². The molecule has 1 aliphatic heterocycles. The average molecular weight is 486 g/mol. The fourth-order valence-corrected chi connectivity index (χ4v) is 6.46. The summed E-state index contributed by atoms with van der Waals surface area (Å²) >= 11 is 0. The fraction of sp³-hybridized carbons (Fsp3) is 0.652. The number of halogens is 3. The summed E-state index contributed by atoms with van der Waals surface area (Å²) in [5.41, 5.74) is -1.51. The van der Waals surface area contributed by atoms with Crippen LogP contribution in [0.15, 0.2) is 23.0 Å². The predicted octanol–water partition coefficient (Wildman–Crippen LogP) is 3.54. The lowest BCUT2D eigenvalue weighted by Crippen LogP contribution is -2.65. The third-order valence-electron chi connectivity index (χ3n) is 7.98. The van der Waals surface area contributed by atoms with Crippen molar-refractivity contribution in [3.63, 3.8) is 0 Å². The van der Waals surface area contributed by atoms with Gasteiger partial charge in [-0.1, -0.05) is 13.8 Å². The van der Waals surface area contributed by atoms with Crippen molar-refractivity contribution in [2.75, 3.05) is 7.11 Å². The number of carbonyl (C=O) groups is 4. The van der Waals surface area contributed by atoms with E-state index in [1.807, 2.05) is 0 Å². The van der Waals surface area contributed by atoms with Crippen LogP contribution in [0, 0.1) is 28.6 Å². The maximum absolute atomic E-state index is 13.7. The SMILES string of the molecule is COC(=O)[C@@H]1C[C@H](OC(=O)C(F)(F)F)C(=O)C2[C@@]3(C)C[C@@H](c4ccoc4)OC(=O)[C@H]3CC[C@]21C. The van der Waals surface area contributed by atoms with Crippen LogP contribution in [-0.2, 0) is 33.4 Å². The molecule has 2 heterocycles. The molecular weight excluding hydrogens is 461 g/mol. The Labute approximate surface area is 193 Å². The summed E-state index contributed by atoms with van der Waals surface area (Å²) in [6, 6.07) is 1.62. The number of alkyl halides is 3. The molecule has 1 unspecified atom stereocenters. The molecule has 34 heavy (non-hydrogen) atoms. The Kier molecular flexibility index (Phi) is 5.80. The van der Waals surface area contributed by atoms with Crippen molar-refractivity contribution in [1.82, 2.24) is 0 Å². The van der Waals surface area contributed by atoms with E-state index in [1.165, 1.54) is 12.5 Å². The molecule has 0 amide bonds. The van der Waals surface area contributed by atoms with Crippen LogP contribution < -0.4 is 0 Å². The summed E-state index contributed by atoms with van der Waals surface area (Å²) in [6.45, 7) is 3.43. The second-order valence-corrected chi connectivity index (χ2v) is 9.83. The summed E-state index contributed by atoms with van der Waals surface area (Å²) in [6.07, 6.45) is -4.65. The molecule has 0 spiro atoms. The molecule has 0 bridgehead atoms. The van der Waals surface area contributed by atoms with Crippen molar-refractivity contribution in [3.8, 4) is 0 Å². The maximum Gasteiger partial charge on any atom is 0.490 e. The van der Waals surface area contributed by atoms with Gasteiger partial charge in [0.15, 0.2) is 11.9 Å². The van der Waals surface area contributed by atoms with Gasteiger partial charge in [0.25, 0.3) is 0 Å². The molecule has 7 atom stereocenters. The smallest absolute Gasteiger partial charge is 0.472 e. The van der Waals surface area contributed by atoms with Crippen LogP contribution in [0.2, 0.25) is 0 Å². The van der Waals surface area contributed by atoms with E-state index >= 15 is 0 Å². The van der Waals surface area contributed by atoms with Crippen molar-refractivity contribution in [2.45, 2.75) is 57.9 Å². The van der Waals surface area contributed by atoms with E-state index in [0.29, 0.717) is 12.0 Å². The second kappa shape index (κ2) is 8.13. The van der Waals surface area contributed by atoms with Gasteiger partial charge in [0.1, 0.15) is 6.10 Å². The lowest BCUT2D eigenvalue weighted by molar-refractivity contribution is -0.221. The molecule has 2 saturated carbocycles. The van der Waals surface area contributed by atoms with E-state index in [4.69, 9.17) is 13.9 Å². The minimum Gasteiger partial charge on any atom is -0.472 e. The van der Waals surface area contributed by atoms with Gasteiger partial charge in [0, 0.05) is 17.9 Å². The first-order valence-corrected chi connectivity index (χ1v) is 10.9. The first-order chi connectivity index (χ1) is 15.8. The van der Waals surface area contributed by atoms with Crippen molar-refractivity contribution < 1.29 is 51.0 Å². The summed E-state index contributed by atoms with van der Waals surface area (Å²) in [5, 5.41) is 0. The molecule has 0 N–H and O–H groups in total. The molecule has 1 aromatic heterocycles. The third-order valence-corrected chi connectivity index (χ3v) is 7.98. The van der Waals surface area contributed by atoms with E-state index < -0.39 is 77.1 Å². The number of methoxy groups -OCH3 is 1. The molecule has 186 valence electrons.